The Morgan fingerprint density at radius 1 is 1.00 bits per heavy atom. The van der Waals surface area contributed by atoms with E-state index >= 15 is 0 Å². The van der Waals surface area contributed by atoms with E-state index < -0.39 is 5.54 Å². The highest BCUT2D eigenvalue weighted by atomic mass is 16.5. The second-order valence-electron chi connectivity index (χ2n) is 4.77. The molecule has 1 atom stereocenters. The van der Waals surface area contributed by atoms with E-state index in [1.807, 2.05) is 67.7 Å². The van der Waals surface area contributed by atoms with Crippen molar-refractivity contribution in [3.8, 4) is 5.75 Å². The highest BCUT2D eigenvalue weighted by Gasteiger charge is 2.29. The lowest BCUT2D eigenvalue weighted by Gasteiger charge is -2.32. The molecule has 0 amide bonds. The molecule has 0 radical (unpaired) electrons. The Morgan fingerprint density at radius 2 is 1.60 bits per heavy atom. The van der Waals surface area contributed by atoms with E-state index in [0.717, 1.165) is 11.3 Å². The summed E-state index contributed by atoms with van der Waals surface area (Å²) in [6, 6.07) is 19.7. The van der Waals surface area contributed by atoms with Crippen LogP contribution in [0.15, 0.2) is 60.7 Å². The second-order valence-corrected chi connectivity index (χ2v) is 4.77. The Morgan fingerprint density at radius 3 is 2.15 bits per heavy atom. The minimum atomic E-state index is -0.462. The van der Waals surface area contributed by atoms with E-state index in [-0.39, 0.29) is 6.61 Å². The van der Waals surface area contributed by atoms with Gasteiger partial charge >= 0.3 is 0 Å². The highest BCUT2D eigenvalue weighted by Crippen LogP contribution is 2.24. The molecule has 106 valence electrons. The van der Waals surface area contributed by atoms with Crippen molar-refractivity contribution in [3.63, 3.8) is 0 Å². The fraction of sp³-hybridized carbons (Fsp3) is 0.294. The molecule has 3 nitrogen and oxygen atoms in total. The van der Waals surface area contributed by atoms with E-state index in [2.05, 4.69) is 5.32 Å². The summed E-state index contributed by atoms with van der Waals surface area (Å²) in [5.74, 6) is 0.850. The van der Waals surface area contributed by atoms with Crippen LogP contribution in [0, 0.1) is 0 Å². The largest absolute Gasteiger partial charge is 0.494 e. The van der Waals surface area contributed by atoms with Gasteiger partial charge in [-0.1, -0.05) is 48.5 Å². The summed E-state index contributed by atoms with van der Waals surface area (Å²) in [5.41, 5.74) is 0.609. The number of benzene rings is 2. The Hall–Kier alpha value is -1.84. The van der Waals surface area contributed by atoms with Crippen molar-refractivity contribution < 1.29 is 9.84 Å². The third-order valence-corrected chi connectivity index (χ3v) is 3.62. The topological polar surface area (TPSA) is 41.5 Å². The fourth-order valence-corrected chi connectivity index (χ4v) is 2.28. The van der Waals surface area contributed by atoms with E-state index in [1.54, 1.807) is 0 Å². The molecule has 0 saturated carbocycles. The number of hydrogen-bond acceptors (Lipinski definition) is 3. The van der Waals surface area contributed by atoms with Gasteiger partial charge in [0, 0.05) is 6.42 Å². The molecule has 20 heavy (non-hydrogen) atoms. The van der Waals surface area contributed by atoms with E-state index in [4.69, 9.17) is 4.74 Å². The van der Waals surface area contributed by atoms with Crippen LogP contribution in [0.3, 0.4) is 0 Å². The minimum absolute atomic E-state index is 0.0334. The number of para-hydroxylation sites is 1. The van der Waals surface area contributed by atoms with E-state index in [9.17, 15) is 5.11 Å². The van der Waals surface area contributed by atoms with Crippen molar-refractivity contribution in [2.75, 3.05) is 20.3 Å². The van der Waals surface area contributed by atoms with Crippen molar-refractivity contribution >= 4 is 0 Å². The summed E-state index contributed by atoms with van der Waals surface area (Å²) in [4.78, 5) is 0. The molecule has 0 aliphatic carbocycles. The van der Waals surface area contributed by atoms with Gasteiger partial charge in [0.05, 0.1) is 18.8 Å². The number of rotatable bonds is 7. The van der Waals surface area contributed by atoms with Crippen LogP contribution in [0.5, 0.6) is 5.75 Å². The average Bonchev–Trinajstić information content (AvgIpc) is 2.54. The van der Waals surface area contributed by atoms with Crippen LogP contribution >= 0.6 is 0 Å². The third kappa shape index (κ3) is 3.38. The van der Waals surface area contributed by atoms with Crippen LogP contribution in [0.1, 0.15) is 12.0 Å². The number of aliphatic hydroxyl groups is 1. The molecule has 0 aliphatic heterocycles. The Balaban J connectivity index is 2.03. The molecule has 2 aromatic rings. The molecule has 0 aromatic heterocycles. The lowest BCUT2D eigenvalue weighted by molar-refractivity contribution is 0.137. The summed E-state index contributed by atoms with van der Waals surface area (Å²) in [6.07, 6.45) is 0.693. The van der Waals surface area contributed by atoms with Gasteiger partial charge in [-0.15, -0.1) is 0 Å². The zero-order chi connectivity index (χ0) is 14.3. The van der Waals surface area contributed by atoms with Gasteiger partial charge in [0.2, 0.25) is 0 Å². The zero-order valence-electron chi connectivity index (χ0n) is 11.8. The summed E-state index contributed by atoms with van der Waals surface area (Å²) in [6.45, 7) is 0.575. The number of likely N-dealkylation sites (N-methyl/N-ethyl adjacent to an activating group) is 1. The first-order valence-corrected chi connectivity index (χ1v) is 6.84. The quantitative estimate of drug-likeness (QED) is 0.813. The van der Waals surface area contributed by atoms with Crippen molar-refractivity contribution in [1.82, 2.24) is 5.32 Å². The Labute approximate surface area is 120 Å². The maximum Gasteiger partial charge on any atom is 0.119 e. The molecule has 2 aromatic carbocycles. The van der Waals surface area contributed by atoms with Gasteiger partial charge in [-0.2, -0.15) is 0 Å². The molecule has 2 rings (SSSR count). The smallest absolute Gasteiger partial charge is 0.119 e. The standard InChI is InChI=1S/C17H21NO2/c1-18-17(14-19,15-8-4-2-5-9-15)12-13-20-16-10-6-3-7-11-16/h2-11,18-19H,12-14H2,1H3. The first-order valence-electron chi connectivity index (χ1n) is 6.84. The van der Waals surface area contributed by atoms with Crippen molar-refractivity contribution in [3.05, 3.63) is 66.2 Å². The summed E-state index contributed by atoms with van der Waals surface area (Å²) in [7, 11) is 1.87. The SMILES string of the molecule is CNC(CO)(CCOc1ccccc1)c1ccccc1. The van der Waals surface area contributed by atoms with Gasteiger partial charge in [0.25, 0.3) is 0 Å². The molecule has 0 fully saturated rings. The highest BCUT2D eigenvalue weighted by molar-refractivity contribution is 5.25. The predicted molar refractivity (Wildman–Crippen MR) is 80.8 cm³/mol. The third-order valence-electron chi connectivity index (χ3n) is 3.62. The second kappa shape index (κ2) is 7.08. The predicted octanol–water partition coefficient (Wildman–Crippen LogP) is 2.56. The number of nitrogens with one attached hydrogen (secondary N) is 1. The maximum atomic E-state index is 9.81. The van der Waals surface area contributed by atoms with E-state index in [1.165, 1.54) is 0 Å². The first kappa shape index (κ1) is 14.6. The van der Waals surface area contributed by atoms with Crippen molar-refractivity contribution in [2.24, 2.45) is 0 Å². The molecule has 1 unspecified atom stereocenters. The van der Waals surface area contributed by atoms with Crippen molar-refractivity contribution in [1.29, 1.82) is 0 Å². The molecule has 0 saturated heterocycles. The first-order chi connectivity index (χ1) is 9.80. The molecule has 0 bridgehead atoms. The lowest BCUT2D eigenvalue weighted by Crippen LogP contribution is -2.44. The zero-order valence-corrected chi connectivity index (χ0v) is 11.8. The van der Waals surface area contributed by atoms with Gasteiger partial charge < -0.3 is 15.2 Å². The van der Waals surface area contributed by atoms with Gasteiger partial charge in [-0.05, 0) is 24.7 Å². The number of aliphatic hydroxyl groups excluding tert-OH is 1. The van der Waals surface area contributed by atoms with Crippen LogP contribution in [-0.4, -0.2) is 25.4 Å². The van der Waals surface area contributed by atoms with Gasteiger partial charge in [0.15, 0.2) is 0 Å². The van der Waals surface area contributed by atoms with Crippen molar-refractivity contribution in [2.45, 2.75) is 12.0 Å². The summed E-state index contributed by atoms with van der Waals surface area (Å²) < 4.78 is 5.74. The van der Waals surface area contributed by atoms with E-state index in [0.29, 0.717) is 13.0 Å². The molecular formula is C17H21NO2. The fourth-order valence-electron chi connectivity index (χ4n) is 2.28. The molecule has 0 spiro atoms. The maximum absolute atomic E-state index is 9.81. The summed E-state index contributed by atoms with van der Waals surface area (Å²) in [5, 5.41) is 13.0. The summed E-state index contributed by atoms with van der Waals surface area (Å²) >= 11 is 0. The average molecular weight is 271 g/mol. The van der Waals surface area contributed by atoms with Gasteiger partial charge in [-0.25, -0.2) is 0 Å². The Kier molecular flexibility index (Phi) is 5.16. The number of hydrogen-bond donors (Lipinski definition) is 2. The minimum Gasteiger partial charge on any atom is -0.494 e. The van der Waals surface area contributed by atoms with Gasteiger partial charge in [-0.3, -0.25) is 0 Å². The van der Waals surface area contributed by atoms with Crippen LogP contribution in [0.2, 0.25) is 0 Å². The number of ether oxygens (including phenoxy) is 1. The lowest BCUT2D eigenvalue weighted by atomic mass is 9.88. The van der Waals surface area contributed by atoms with Gasteiger partial charge in [0.1, 0.15) is 5.75 Å². The molecule has 0 aliphatic rings. The van der Waals surface area contributed by atoms with Crippen LogP contribution in [0.4, 0.5) is 0 Å². The molecule has 2 N–H and O–H groups in total. The molecule has 0 heterocycles. The van der Waals surface area contributed by atoms with Crippen LogP contribution in [0.25, 0.3) is 0 Å². The Bertz CT molecular complexity index is 495. The molecular weight excluding hydrogens is 250 g/mol. The molecule has 3 heteroatoms. The monoisotopic (exact) mass is 271 g/mol. The normalized spacial score (nSPS) is 13.7. The van der Waals surface area contributed by atoms with Crippen LogP contribution < -0.4 is 10.1 Å². The van der Waals surface area contributed by atoms with Crippen LogP contribution in [-0.2, 0) is 5.54 Å².